The monoisotopic (exact) mass is 408 g/mol. The molecule has 6 heteroatoms. The number of carbonyl (C=O) groups is 2. The number of Topliss-reactive ketones (excluding diaryl/α,β-unsaturated/α-hetero) is 1. The van der Waals surface area contributed by atoms with Crippen LogP contribution in [0.5, 0.6) is 5.75 Å². The van der Waals surface area contributed by atoms with Crippen molar-refractivity contribution in [2.24, 2.45) is 4.99 Å². The molecule has 2 aromatic carbocycles. The van der Waals surface area contributed by atoms with E-state index in [2.05, 4.69) is 11.1 Å². The van der Waals surface area contributed by atoms with Crippen molar-refractivity contribution >= 4 is 40.4 Å². The van der Waals surface area contributed by atoms with Gasteiger partial charge in [-0.05, 0) is 74.7 Å². The number of ketones is 1. The second kappa shape index (κ2) is 8.66. The lowest BCUT2D eigenvalue weighted by atomic mass is 10.1. The molecule has 0 fully saturated rings. The summed E-state index contributed by atoms with van der Waals surface area (Å²) in [4.78, 5) is 31.2. The highest BCUT2D eigenvalue weighted by Gasteiger charge is 2.33. The van der Waals surface area contributed by atoms with Crippen LogP contribution in [-0.2, 0) is 9.59 Å². The fourth-order valence-corrected chi connectivity index (χ4v) is 3.91. The molecular weight excluding hydrogens is 384 g/mol. The van der Waals surface area contributed by atoms with E-state index < -0.39 is 0 Å². The fraction of sp³-hybridized carbons (Fsp3) is 0.261. The molecule has 5 nitrogen and oxygen atoms in total. The number of anilines is 1. The van der Waals surface area contributed by atoms with Crippen molar-refractivity contribution in [1.29, 1.82) is 0 Å². The van der Waals surface area contributed by atoms with Gasteiger partial charge in [-0.15, -0.1) is 0 Å². The first-order valence-corrected chi connectivity index (χ1v) is 10.2. The van der Waals surface area contributed by atoms with Crippen LogP contribution >= 0.6 is 11.8 Å². The van der Waals surface area contributed by atoms with Crippen molar-refractivity contribution in [3.05, 3.63) is 64.9 Å². The van der Waals surface area contributed by atoms with Crippen LogP contribution in [0.4, 0.5) is 5.69 Å². The number of benzene rings is 2. The lowest BCUT2D eigenvalue weighted by molar-refractivity contribution is -0.116. The molecule has 0 radical (unpaired) electrons. The number of methoxy groups -OCH3 is 1. The van der Waals surface area contributed by atoms with Gasteiger partial charge in [0.25, 0.3) is 5.91 Å². The minimum atomic E-state index is -0.296. The molecule has 0 aromatic heterocycles. The summed E-state index contributed by atoms with van der Waals surface area (Å²) in [5, 5.41) is 0.220. The molecular formula is C23H24N2O3S. The van der Waals surface area contributed by atoms with Gasteiger partial charge in [-0.1, -0.05) is 30.0 Å². The number of hydrogen-bond donors (Lipinski definition) is 0. The molecule has 1 aliphatic heterocycles. The Morgan fingerprint density at radius 1 is 1.14 bits per heavy atom. The van der Waals surface area contributed by atoms with Crippen molar-refractivity contribution in [3.63, 3.8) is 0 Å². The molecule has 1 aliphatic rings. The molecule has 1 amide bonds. The highest BCUT2D eigenvalue weighted by molar-refractivity contribution is 8.15. The maximum absolute atomic E-state index is 13.2. The van der Waals surface area contributed by atoms with Crippen molar-refractivity contribution in [2.75, 3.05) is 12.0 Å². The minimum absolute atomic E-state index is 0.0399. The normalized spacial score (nSPS) is 16.2. The molecule has 0 aliphatic carbocycles. The summed E-state index contributed by atoms with van der Waals surface area (Å²) in [5.41, 5.74) is 4.07. The van der Waals surface area contributed by atoms with Gasteiger partial charge in [0, 0.05) is 0 Å². The average Bonchev–Trinajstić information content (AvgIpc) is 2.96. The van der Waals surface area contributed by atoms with Gasteiger partial charge < -0.3 is 4.74 Å². The highest BCUT2D eigenvalue weighted by atomic mass is 32.2. The second-order valence-electron chi connectivity index (χ2n) is 7.05. The molecule has 0 saturated heterocycles. The summed E-state index contributed by atoms with van der Waals surface area (Å²) in [7, 11) is 1.61. The van der Waals surface area contributed by atoms with Crippen LogP contribution in [-0.4, -0.2) is 29.2 Å². The topological polar surface area (TPSA) is 59.0 Å². The third-order valence-corrected chi connectivity index (χ3v) is 5.74. The molecule has 0 bridgehead atoms. The van der Waals surface area contributed by atoms with Crippen LogP contribution in [0.1, 0.15) is 30.5 Å². The Labute approximate surface area is 175 Å². The predicted molar refractivity (Wildman–Crippen MR) is 120 cm³/mol. The van der Waals surface area contributed by atoms with Gasteiger partial charge >= 0.3 is 0 Å². The lowest BCUT2D eigenvalue weighted by Gasteiger charge is -2.20. The molecule has 1 heterocycles. The minimum Gasteiger partial charge on any atom is -0.497 e. The summed E-state index contributed by atoms with van der Waals surface area (Å²) in [5.74, 6) is 0.582. The quantitative estimate of drug-likeness (QED) is 0.669. The van der Waals surface area contributed by atoms with E-state index in [-0.39, 0.29) is 16.9 Å². The van der Waals surface area contributed by atoms with Gasteiger partial charge in [-0.25, -0.2) is 4.99 Å². The van der Waals surface area contributed by atoms with E-state index in [1.807, 2.05) is 57.2 Å². The van der Waals surface area contributed by atoms with Gasteiger partial charge in [0.2, 0.25) is 0 Å². The summed E-state index contributed by atoms with van der Waals surface area (Å²) < 4.78 is 5.18. The zero-order chi connectivity index (χ0) is 21.1. The van der Waals surface area contributed by atoms with Crippen molar-refractivity contribution in [2.45, 2.75) is 32.9 Å². The zero-order valence-electron chi connectivity index (χ0n) is 17.2. The third-order valence-electron chi connectivity index (χ3n) is 4.57. The Hall–Kier alpha value is -2.86. The first-order chi connectivity index (χ1) is 13.8. The molecule has 0 spiro atoms. The van der Waals surface area contributed by atoms with Gasteiger partial charge in [0.1, 0.15) is 17.2 Å². The molecule has 29 heavy (non-hydrogen) atoms. The Kier molecular flexibility index (Phi) is 6.23. The number of amidine groups is 1. The third kappa shape index (κ3) is 4.77. The Morgan fingerprint density at radius 3 is 2.31 bits per heavy atom. The number of rotatable bonds is 5. The molecule has 0 N–H and O–H groups in total. The molecule has 2 aromatic rings. The maximum Gasteiger partial charge on any atom is 0.283 e. The number of thioether (sulfide) groups is 1. The summed E-state index contributed by atoms with van der Waals surface area (Å²) in [6.45, 7) is 7.36. The van der Waals surface area contributed by atoms with E-state index in [4.69, 9.17) is 4.74 Å². The number of aryl methyl sites for hydroxylation is 2. The number of amides is 1. The number of carbonyl (C=O) groups excluding carboxylic acids is 2. The number of aliphatic imine (C=N–C) groups is 1. The van der Waals surface area contributed by atoms with Gasteiger partial charge in [-0.2, -0.15) is 0 Å². The van der Waals surface area contributed by atoms with E-state index >= 15 is 0 Å². The van der Waals surface area contributed by atoms with Crippen LogP contribution in [0.3, 0.4) is 0 Å². The van der Waals surface area contributed by atoms with Crippen LogP contribution in [0.15, 0.2) is 53.2 Å². The van der Waals surface area contributed by atoms with Crippen molar-refractivity contribution in [3.8, 4) is 5.75 Å². The van der Waals surface area contributed by atoms with Crippen LogP contribution in [0.25, 0.3) is 6.08 Å². The predicted octanol–water partition coefficient (Wildman–Crippen LogP) is 4.77. The second-order valence-corrected chi connectivity index (χ2v) is 8.36. The zero-order valence-corrected chi connectivity index (χ0v) is 18.0. The lowest BCUT2D eigenvalue weighted by Crippen LogP contribution is -2.32. The highest BCUT2D eigenvalue weighted by Crippen LogP contribution is 2.32. The molecule has 1 unspecified atom stereocenters. The van der Waals surface area contributed by atoms with E-state index in [1.165, 1.54) is 11.8 Å². The molecule has 3 rings (SSSR count). The van der Waals surface area contributed by atoms with Crippen molar-refractivity contribution in [1.82, 2.24) is 0 Å². The average molecular weight is 409 g/mol. The molecule has 150 valence electrons. The van der Waals surface area contributed by atoms with Crippen LogP contribution < -0.4 is 9.64 Å². The van der Waals surface area contributed by atoms with E-state index in [1.54, 1.807) is 25.0 Å². The smallest absolute Gasteiger partial charge is 0.283 e. The fourth-order valence-electron chi connectivity index (χ4n) is 2.98. The Morgan fingerprint density at radius 2 is 1.76 bits per heavy atom. The van der Waals surface area contributed by atoms with Gasteiger partial charge in [0.15, 0.2) is 5.17 Å². The van der Waals surface area contributed by atoms with E-state index in [0.717, 1.165) is 28.1 Å². The largest absolute Gasteiger partial charge is 0.497 e. The summed E-state index contributed by atoms with van der Waals surface area (Å²) >= 11 is 1.30. The number of nitrogens with zero attached hydrogens (tertiary/aromatic N) is 2. The summed E-state index contributed by atoms with van der Waals surface area (Å²) in [6, 6.07) is 13.4. The Bertz CT molecular complexity index is 989. The van der Waals surface area contributed by atoms with Crippen LogP contribution in [0.2, 0.25) is 0 Å². The van der Waals surface area contributed by atoms with E-state index in [9.17, 15) is 9.59 Å². The molecule has 1 atom stereocenters. The maximum atomic E-state index is 13.2. The first kappa shape index (κ1) is 20.9. The summed E-state index contributed by atoms with van der Waals surface area (Å²) in [6.07, 6.45) is 1.75. The number of ether oxygens (including phenoxy) is 1. The standard InChI is InChI=1S/C23H24N2O3S/c1-14-10-15(2)12-19(11-14)25-22(27)21(24-23(25)29-17(4)16(3)26)13-18-6-8-20(28-5)9-7-18/h6-13,17H,1-5H3/b21-13-. The SMILES string of the molecule is COc1ccc(/C=C2\N=C(SC(C)C(C)=O)N(c3cc(C)cc(C)c3)C2=O)cc1. The molecule has 0 saturated carbocycles. The van der Waals surface area contributed by atoms with Gasteiger partial charge in [0.05, 0.1) is 18.0 Å². The van der Waals surface area contributed by atoms with Gasteiger partial charge in [-0.3, -0.25) is 14.5 Å². The van der Waals surface area contributed by atoms with Crippen molar-refractivity contribution < 1.29 is 14.3 Å². The first-order valence-electron chi connectivity index (χ1n) is 9.33. The van der Waals surface area contributed by atoms with E-state index in [0.29, 0.717) is 10.9 Å². The van der Waals surface area contributed by atoms with Crippen LogP contribution in [0, 0.1) is 13.8 Å². The number of hydrogen-bond acceptors (Lipinski definition) is 5. The Balaban J connectivity index is 2.02.